The molecule has 2 aromatic carbocycles. The van der Waals surface area contributed by atoms with Crippen LogP contribution in [0, 0.1) is 0 Å². The molecular weight excluding hydrogens is 352 g/mol. The highest BCUT2D eigenvalue weighted by Crippen LogP contribution is 2.41. The van der Waals surface area contributed by atoms with Crippen molar-refractivity contribution in [2.24, 2.45) is 0 Å². The van der Waals surface area contributed by atoms with E-state index in [1.165, 1.54) is 30.4 Å². The van der Waals surface area contributed by atoms with Gasteiger partial charge in [0.05, 0.1) is 11.2 Å². The van der Waals surface area contributed by atoms with Gasteiger partial charge in [-0.3, -0.25) is 4.79 Å². The predicted octanol–water partition coefficient (Wildman–Crippen LogP) is 5.32. The van der Waals surface area contributed by atoms with E-state index in [1.807, 2.05) is 66.0 Å². The molecule has 0 radical (unpaired) electrons. The summed E-state index contributed by atoms with van der Waals surface area (Å²) in [4.78, 5) is 11.3. The molecule has 0 saturated carbocycles. The quantitative estimate of drug-likeness (QED) is 0.639. The van der Waals surface area contributed by atoms with Crippen molar-refractivity contribution in [3.8, 4) is 11.5 Å². The van der Waals surface area contributed by atoms with Crippen molar-refractivity contribution in [3.63, 3.8) is 0 Å². The molecule has 1 atom stereocenters. The first-order valence-corrected chi connectivity index (χ1v) is 10.5. The molecule has 3 rings (SSSR count). The Labute approximate surface area is 157 Å². The van der Waals surface area contributed by atoms with Crippen LogP contribution in [0.1, 0.15) is 24.8 Å². The van der Waals surface area contributed by atoms with Crippen LogP contribution in [0.25, 0.3) is 0 Å². The minimum Gasteiger partial charge on any atom is -0.465 e. The van der Waals surface area contributed by atoms with Gasteiger partial charge in [-0.2, -0.15) is 0 Å². The Balaban J connectivity index is 1.72. The molecule has 132 valence electrons. The summed E-state index contributed by atoms with van der Waals surface area (Å²) in [5, 5.41) is 0. The Hall–Kier alpha value is -1.59. The smallest absolute Gasteiger partial charge is 0.302 e. The second-order valence-corrected chi connectivity index (χ2v) is 8.65. The standard InChI is InChI=1S/C20H22O3S2/c1-15(21)22-14-19(20-24-12-5-13-25-20)16-8-10-18(11-9-16)23-17-6-3-2-4-7-17/h2-4,6-11,19-20H,5,12-14H2,1H3. The normalized spacial score (nSPS) is 16.2. The van der Waals surface area contributed by atoms with E-state index in [0.717, 1.165) is 11.5 Å². The highest BCUT2D eigenvalue weighted by molar-refractivity contribution is 8.17. The zero-order valence-electron chi connectivity index (χ0n) is 14.2. The Morgan fingerprint density at radius 3 is 2.32 bits per heavy atom. The largest absolute Gasteiger partial charge is 0.465 e. The summed E-state index contributed by atoms with van der Waals surface area (Å²) in [6.45, 7) is 1.90. The third-order valence-corrected chi connectivity index (χ3v) is 7.11. The molecule has 1 unspecified atom stereocenters. The van der Waals surface area contributed by atoms with E-state index in [2.05, 4.69) is 12.1 Å². The summed E-state index contributed by atoms with van der Waals surface area (Å²) in [5.74, 6) is 3.95. The third-order valence-electron chi connectivity index (χ3n) is 3.93. The maximum Gasteiger partial charge on any atom is 0.302 e. The van der Waals surface area contributed by atoms with Gasteiger partial charge >= 0.3 is 5.97 Å². The lowest BCUT2D eigenvalue weighted by Gasteiger charge is -2.29. The van der Waals surface area contributed by atoms with Crippen molar-refractivity contribution >= 4 is 29.5 Å². The van der Waals surface area contributed by atoms with Crippen LogP contribution in [-0.2, 0) is 9.53 Å². The van der Waals surface area contributed by atoms with Crippen molar-refractivity contribution in [2.75, 3.05) is 18.1 Å². The average Bonchev–Trinajstić information content (AvgIpc) is 2.65. The van der Waals surface area contributed by atoms with E-state index in [1.54, 1.807) is 0 Å². The minimum atomic E-state index is -0.222. The van der Waals surface area contributed by atoms with Crippen LogP contribution < -0.4 is 4.74 Å². The molecule has 1 aliphatic rings. The molecule has 0 spiro atoms. The van der Waals surface area contributed by atoms with Gasteiger partial charge in [0.2, 0.25) is 0 Å². The topological polar surface area (TPSA) is 35.5 Å². The number of esters is 1. The van der Waals surface area contributed by atoms with Crippen LogP contribution in [0.2, 0.25) is 0 Å². The van der Waals surface area contributed by atoms with Gasteiger partial charge in [0.25, 0.3) is 0 Å². The Morgan fingerprint density at radius 2 is 1.68 bits per heavy atom. The minimum absolute atomic E-state index is 0.199. The number of benzene rings is 2. The number of thioether (sulfide) groups is 2. The fourth-order valence-corrected chi connectivity index (χ4v) is 5.85. The van der Waals surface area contributed by atoms with Gasteiger partial charge in [0.1, 0.15) is 11.5 Å². The van der Waals surface area contributed by atoms with Gasteiger partial charge in [-0.1, -0.05) is 30.3 Å². The van der Waals surface area contributed by atoms with E-state index in [-0.39, 0.29) is 11.9 Å². The summed E-state index contributed by atoms with van der Waals surface area (Å²) >= 11 is 3.93. The second-order valence-electron chi connectivity index (χ2n) is 5.86. The molecule has 25 heavy (non-hydrogen) atoms. The molecule has 2 aromatic rings. The maximum atomic E-state index is 11.3. The van der Waals surface area contributed by atoms with E-state index in [4.69, 9.17) is 9.47 Å². The van der Waals surface area contributed by atoms with Crippen molar-refractivity contribution in [3.05, 3.63) is 60.2 Å². The van der Waals surface area contributed by atoms with Gasteiger partial charge in [0, 0.05) is 12.8 Å². The Bertz CT molecular complexity index is 667. The number of rotatable bonds is 6. The number of ether oxygens (including phenoxy) is 2. The molecule has 1 saturated heterocycles. The first-order valence-electron chi connectivity index (χ1n) is 8.42. The molecule has 1 aliphatic heterocycles. The molecule has 5 heteroatoms. The molecule has 0 amide bonds. The van der Waals surface area contributed by atoms with E-state index < -0.39 is 0 Å². The summed E-state index contributed by atoms with van der Waals surface area (Å²) in [6.07, 6.45) is 1.25. The van der Waals surface area contributed by atoms with Crippen LogP contribution in [0.4, 0.5) is 0 Å². The van der Waals surface area contributed by atoms with Gasteiger partial charge in [0.15, 0.2) is 0 Å². The van der Waals surface area contributed by atoms with Crippen molar-refractivity contribution in [2.45, 2.75) is 23.8 Å². The SMILES string of the molecule is CC(=O)OCC(c1ccc(Oc2ccccc2)cc1)C1SCCCS1. The molecule has 1 heterocycles. The zero-order valence-corrected chi connectivity index (χ0v) is 15.9. The van der Waals surface area contributed by atoms with Crippen LogP contribution in [0.3, 0.4) is 0 Å². The Kier molecular flexibility index (Phi) is 6.70. The highest BCUT2D eigenvalue weighted by atomic mass is 32.2. The molecule has 1 fully saturated rings. The first-order chi connectivity index (χ1) is 12.2. The van der Waals surface area contributed by atoms with Crippen LogP contribution in [0.5, 0.6) is 11.5 Å². The summed E-state index contributed by atoms with van der Waals surface area (Å²) < 4.78 is 11.6. The lowest BCUT2D eigenvalue weighted by molar-refractivity contribution is -0.141. The van der Waals surface area contributed by atoms with Crippen LogP contribution in [0.15, 0.2) is 54.6 Å². The van der Waals surface area contributed by atoms with Crippen molar-refractivity contribution in [1.29, 1.82) is 0 Å². The van der Waals surface area contributed by atoms with Crippen molar-refractivity contribution < 1.29 is 14.3 Å². The van der Waals surface area contributed by atoms with E-state index in [0.29, 0.717) is 11.2 Å². The van der Waals surface area contributed by atoms with Gasteiger partial charge in [-0.15, -0.1) is 23.5 Å². The van der Waals surface area contributed by atoms with Crippen LogP contribution in [-0.4, -0.2) is 28.7 Å². The van der Waals surface area contributed by atoms with E-state index >= 15 is 0 Å². The van der Waals surface area contributed by atoms with Crippen molar-refractivity contribution in [1.82, 2.24) is 0 Å². The lowest BCUT2D eigenvalue weighted by atomic mass is 10.0. The summed E-state index contributed by atoms with van der Waals surface area (Å²) in [5.41, 5.74) is 1.19. The molecule has 0 N–H and O–H groups in total. The first kappa shape index (κ1) is 18.2. The number of carbonyl (C=O) groups excluding carboxylic acids is 1. The molecule has 0 aromatic heterocycles. The fraction of sp³-hybridized carbons (Fsp3) is 0.350. The monoisotopic (exact) mass is 374 g/mol. The van der Waals surface area contributed by atoms with Gasteiger partial charge < -0.3 is 9.47 Å². The highest BCUT2D eigenvalue weighted by Gasteiger charge is 2.27. The second kappa shape index (κ2) is 9.20. The maximum absolute atomic E-state index is 11.3. The van der Waals surface area contributed by atoms with Crippen LogP contribution >= 0.6 is 23.5 Å². The number of hydrogen-bond donors (Lipinski definition) is 0. The molecular formula is C20H22O3S2. The van der Waals surface area contributed by atoms with Gasteiger partial charge in [-0.25, -0.2) is 0 Å². The fourth-order valence-electron chi connectivity index (χ4n) is 2.69. The molecule has 3 nitrogen and oxygen atoms in total. The Morgan fingerprint density at radius 1 is 1.04 bits per heavy atom. The van der Waals surface area contributed by atoms with Gasteiger partial charge in [-0.05, 0) is 47.8 Å². The van der Waals surface area contributed by atoms with E-state index in [9.17, 15) is 4.79 Å². The lowest BCUT2D eigenvalue weighted by Crippen LogP contribution is -2.22. The predicted molar refractivity (Wildman–Crippen MR) is 106 cm³/mol. The summed E-state index contributed by atoms with van der Waals surface area (Å²) in [6, 6.07) is 17.9. The number of carbonyl (C=O) groups is 1. The number of hydrogen-bond acceptors (Lipinski definition) is 5. The average molecular weight is 375 g/mol. The summed E-state index contributed by atoms with van der Waals surface area (Å²) in [7, 11) is 0. The zero-order chi connectivity index (χ0) is 17.5. The third kappa shape index (κ3) is 5.44. The number of para-hydroxylation sites is 1. The molecule has 0 bridgehead atoms. The molecule has 0 aliphatic carbocycles.